The fourth-order valence-electron chi connectivity index (χ4n) is 2.90. The third-order valence-corrected chi connectivity index (χ3v) is 3.69. The second-order valence-electron chi connectivity index (χ2n) is 5.60. The van der Waals surface area contributed by atoms with E-state index in [0.29, 0.717) is 6.04 Å². The van der Waals surface area contributed by atoms with Crippen molar-refractivity contribution in [3.63, 3.8) is 0 Å². The number of hydrogen-bond donors (Lipinski definition) is 1. The van der Waals surface area contributed by atoms with Crippen molar-refractivity contribution >= 4 is 5.69 Å². The molecule has 1 aromatic carbocycles. The molecule has 0 saturated carbocycles. The van der Waals surface area contributed by atoms with Crippen LogP contribution in [0.2, 0.25) is 0 Å². The number of anilines is 1. The molecule has 0 spiro atoms. The smallest absolute Gasteiger partial charge is 0.0417 e. The number of para-hydroxylation sites is 1. The maximum Gasteiger partial charge on any atom is 0.0417 e. The molecule has 1 aliphatic rings. The summed E-state index contributed by atoms with van der Waals surface area (Å²) in [5.74, 6) is 0. The van der Waals surface area contributed by atoms with Gasteiger partial charge < -0.3 is 15.5 Å². The third-order valence-electron chi connectivity index (χ3n) is 3.69. The van der Waals surface area contributed by atoms with Gasteiger partial charge in [-0.25, -0.2) is 0 Å². The van der Waals surface area contributed by atoms with Gasteiger partial charge in [0.15, 0.2) is 0 Å². The lowest BCUT2D eigenvalue weighted by molar-refractivity contribution is 0.372. The van der Waals surface area contributed by atoms with E-state index < -0.39 is 0 Å². The Labute approximate surface area is 111 Å². The van der Waals surface area contributed by atoms with Crippen LogP contribution in [0, 0.1) is 0 Å². The zero-order valence-corrected chi connectivity index (χ0v) is 11.8. The maximum absolute atomic E-state index is 6.09. The minimum atomic E-state index is 0.0989. The molecule has 1 heterocycles. The molecule has 1 aromatic rings. The number of nitrogens with two attached hydrogens (primary N) is 1. The van der Waals surface area contributed by atoms with Gasteiger partial charge in [-0.1, -0.05) is 18.2 Å². The lowest BCUT2D eigenvalue weighted by Crippen LogP contribution is -2.38. The zero-order valence-electron chi connectivity index (χ0n) is 11.8. The molecule has 0 aromatic heterocycles. The Morgan fingerprint density at radius 1 is 1.39 bits per heavy atom. The number of nitrogens with zero attached hydrogens (tertiary/aromatic N) is 2. The van der Waals surface area contributed by atoms with E-state index in [1.165, 1.54) is 24.1 Å². The van der Waals surface area contributed by atoms with E-state index in [-0.39, 0.29) is 6.04 Å². The van der Waals surface area contributed by atoms with Gasteiger partial charge in [0, 0.05) is 30.9 Å². The summed E-state index contributed by atoms with van der Waals surface area (Å²) < 4.78 is 0. The molecule has 2 rings (SSSR count). The SMILES string of the molecule is CC(N)c1ccccc1N1CCCC1CN(C)C. The van der Waals surface area contributed by atoms with Gasteiger partial charge in [-0.05, 0) is 45.5 Å². The minimum Gasteiger partial charge on any atom is -0.367 e. The summed E-state index contributed by atoms with van der Waals surface area (Å²) >= 11 is 0. The summed E-state index contributed by atoms with van der Waals surface area (Å²) in [4.78, 5) is 4.82. The Kier molecular flexibility index (Phi) is 4.25. The van der Waals surface area contributed by atoms with Crippen LogP contribution in [0.5, 0.6) is 0 Å². The van der Waals surface area contributed by atoms with E-state index in [9.17, 15) is 0 Å². The average Bonchev–Trinajstić information content (AvgIpc) is 2.76. The molecule has 0 radical (unpaired) electrons. The van der Waals surface area contributed by atoms with Gasteiger partial charge >= 0.3 is 0 Å². The molecule has 1 saturated heterocycles. The van der Waals surface area contributed by atoms with Crippen LogP contribution in [0.15, 0.2) is 24.3 Å². The molecular weight excluding hydrogens is 222 g/mol. The predicted molar refractivity (Wildman–Crippen MR) is 78.0 cm³/mol. The first kappa shape index (κ1) is 13.4. The average molecular weight is 247 g/mol. The first-order valence-electron chi connectivity index (χ1n) is 6.85. The Hall–Kier alpha value is -1.06. The van der Waals surface area contributed by atoms with Crippen molar-refractivity contribution in [1.82, 2.24) is 4.90 Å². The standard InChI is InChI=1S/C15H25N3/c1-12(16)14-8-4-5-9-15(14)18-10-6-7-13(18)11-17(2)3/h4-5,8-9,12-13H,6-7,10-11,16H2,1-3H3. The van der Waals surface area contributed by atoms with Gasteiger partial charge in [0.2, 0.25) is 0 Å². The first-order valence-corrected chi connectivity index (χ1v) is 6.85. The monoisotopic (exact) mass is 247 g/mol. The summed E-state index contributed by atoms with van der Waals surface area (Å²) in [6.45, 7) is 4.34. The van der Waals surface area contributed by atoms with E-state index in [0.717, 1.165) is 13.1 Å². The first-order chi connectivity index (χ1) is 8.59. The van der Waals surface area contributed by atoms with Crippen LogP contribution in [-0.4, -0.2) is 38.1 Å². The number of likely N-dealkylation sites (N-methyl/N-ethyl adjacent to an activating group) is 1. The fourth-order valence-corrected chi connectivity index (χ4v) is 2.90. The highest BCUT2D eigenvalue weighted by molar-refractivity contribution is 5.56. The summed E-state index contributed by atoms with van der Waals surface area (Å²) in [5.41, 5.74) is 8.69. The molecule has 3 nitrogen and oxygen atoms in total. The van der Waals surface area contributed by atoms with Crippen LogP contribution in [0.1, 0.15) is 31.4 Å². The summed E-state index contributed by atoms with van der Waals surface area (Å²) in [6.07, 6.45) is 2.57. The van der Waals surface area contributed by atoms with Crippen molar-refractivity contribution in [2.75, 3.05) is 32.1 Å². The van der Waals surface area contributed by atoms with Crippen molar-refractivity contribution in [3.8, 4) is 0 Å². The highest BCUT2D eigenvalue weighted by atomic mass is 15.2. The molecular formula is C15H25N3. The molecule has 2 N–H and O–H groups in total. The summed E-state index contributed by atoms with van der Waals surface area (Å²) in [6, 6.07) is 9.30. The zero-order chi connectivity index (χ0) is 13.1. The number of rotatable bonds is 4. The lowest BCUT2D eigenvalue weighted by atomic mass is 10.1. The largest absolute Gasteiger partial charge is 0.367 e. The topological polar surface area (TPSA) is 32.5 Å². The van der Waals surface area contributed by atoms with E-state index in [1.807, 2.05) is 0 Å². The molecule has 18 heavy (non-hydrogen) atoms. The summed E-state index contributed by atoms with van der Waals surface area (Å²) in [5, 5.41) is 0. The van der Waals surface area contributed by atoms with Crippen LogP contribution in [0.3, 0.4) is 0 Å². The third kappa shape index (κ3) is 2.85. The molecule has 0 bridgehead atoms. The Bertz CT molecular complexity index is 387. The molecule has 0 aliphatic carbocycles. The molecule has 3 heteroatoms. The van der Waals surface area contributed by atoms with Gasteiger partial charge in [0.25, 0.3) is 0 Å². The van der Waals surface area contributed by atoms with Crippen LogP contribution >= 0.6 is 0 Å². The van der Waals surface area contributed by atoms with Crippen molar-refractivity contribution in [2.24, 2.45) is 5.73 Å². The normalized spacial score (nSPS) is 21.6. The van der Waals surface area contributed by atoms with E-state index in [4.69, 9.17) is 5.73 Å². The van der Waals surface area contributed by atoms with Crippen LogP contribution in [-0.2, 0) is 0 Å². The van der Waals surface area contributed by atoms with Crippen LogP contribution in [0.4, 0.5) is 5.69 Å². The van der Waals surface area contributed by atoms with Gasteiger partial charge in [0.1, 0.15) is 0 Å². The number of benzene rings is 1. The molecule has 2 unspecified atom stereocenters. The summed E-state index contributed by atoms with van der Waals surface area (Å²) in [7, 11) is 4.29. The lowest BCUT2D eigenvalue weighted by Gasteiger charge is -2.31. The molecule has 0 amide bonds. The Balaban J connectivity index is 2.24. The van der Waals surface area contributed by atoms with Gasteiger partial charge in [0.05, 0.1) is 0 Å². The van der Waals surface area contributed by atoms with Crippen molar-refractivity contribution in [1.29, 1.82) is 0 Å². The maximum atomic E-state index is 6.09. The highest BCUT2D eigenvalue weighted by Crippen LogP contribution is 2.31. The second-order valence-corrected chi connectivity index (χ2v) is 5.60. The Morgan fingerprint density at radius 3 is 2.78 bits per heavy atom. The van der Waals surface area contributed by atoms with Crippen molar-refractivity contribution in [3.05, 3.63) is 29.8 Å². The van der Waals surface area contributed by atoms with Crippen LogP contribution < -0.4 is 10.6 Å². The Morgan fingerprint density at radius 2 is 2.11 bits per heavy atom. The molecule has 1 aliphatic heterocycles. The second kappa shape index (κ2) is 5.72. The predicted octanol–water partition coefficient (Wildman–Crippen LogP) is 2.24. The molecule has 1 fully saturated rings. The van der Waals surface area contributed by atoms with Crippen molar-refractivity contribution in [2.45, 2.75) is 31.8 Å². The molecule has 100 valence electrons. The fraction of sp³-hybridized carbons (Fsp3) is 0.600. The quantitative estimate of drug-likeness (QED) is 0.885. The highest BCUT2D eigenvalue weighted by Gasteiger charge is 2.26. The van der Waals surface area contributed by atoms with Crippen LogP contribution in [0.25, 0.3) is 0 Å². The molecule has 2 atom stereocenters. The van der Waals surface area contributed by atoms with E-state index in [1.54, 1.807) is 0 Å². The van der Waals surface area contributed by atoms with Crippen molar-refractivity contribution < 1.29 is 0 Å². The number of hydrogen-bond acceptors (Lipinski definition) is 3. The minimum absolute atomic E-state index is 0.0989. The van der Waals surface area contributed by atoms with Gasteiger partial charge in [-0.2, -0.15) is 0 Å². The van der Waals surface area contributed by atoms with Gasteiger partial charge in [-0.3, -0.25) is 0 Å². The van der Waals surface area contributed by atoms with E-state index in [2.05, 4.69) is 55.1 Å². The van der Waals surface area contributed by atoms with Gasteiger partial charge in [-0.15, -0.1) is 0 Å². The van der Waals surface area contributed by atoms with E-state index >= 15 is 0 Å².